The Morgan fingerprint density at radius 2 is 2.14 bits per heavy atom. The van der Waals surface area contributed by atoms with Crippen LogP contribution >= 0.6 is 0 Å². The molecule has 8 heteroatoms. The van der Waals surface area contributed by atoms with Crippen LogP contribution in [0.15, 0.2) is 18.2 Å². The third-order valence-corrected chi connectivity index (χ3v) is 3.50. The molecule has 0 saturated carbocycles. The molecule has 22 heavy (non-hydrogen) atoms. The maximum Gasteiger partial charge on any atom is 0.419 e. The van der Waals surface area contributed by atoms with Crippen molar-refractivity contribution in [2.24, 2.45) is 5.73 Å². The normalized spacial score (nSPS) is 20.8. The molecular weight excluding hydrogens is 304 g/mol. The number of hydrogen-bond donors (Lipinski definition) is 1. The molecule has 0 radical (unpaired) electrons. The van der Waals surface area contributed by atoms with E-state index in [2.05, 4.69) is 0 Å². The van der Waals surface area contributed by atoms with Gasteiger partial charge in [0.2, 0.25) is 0 Å². The fourth-order valence-corrected chi connectivity index (χ4v) is 2.26. The fourth-order valence-electron chi connectivity index (χ4n) is 2.26. The first-order valence-electron chi connectivity index (χ1n) is 6.74. The van der Waals surface area contributed by atoms with E-state index in [0.717, 1.165) is 12.1 Å². The highest BCUT2D eigenvalue weighted by atomic mass is 19.4. The lowest BCUT2D eigenvalue weighted by Crippen LogP contribution is -2.51. The number of carbonyl (C=O) groups excluding carboxylic acids is 1. The molecule has 1 amide bonds. The molecule has 1 fully saturated rings. The molecule has 1 aromatic rings. The number of nitrogens with zero attached hydrogens (tertiary/aromatic N) is 1. The second-order valence-electron chi connectivity index (χ2n) is 5.18. The minimum Gasteiger partial charge on any atom is -0.373 e. The maximum atomic E-state index is 14.0. The van der Waals surface area contributed by atoms with Gasteiger partial charge in [0, 0.05) is 19.1 Å². The second-order valence-corrected chi connectivity index (χ2v) is 5.18. The highest BCUT2D eigenvalue weighted by Crippen LogP contribution is 2.32. The molecule has 0 bridgehead atoms. The summed E-state index contributed by atoms with van der Waals surface area (Å²) in [4.78, 5) is 13.6. The second kappa shape index (κ2) is 6.21. The van der Waals surface area contributed by atoms with Crippen molar-refractivity contribution < 1.29 is 27.1 Å². The van der Waals surface area contributed by atoms with Crippen molar-refractivity contribution >= 4 is 5.91 Å². The van der Waals surface area contributed by atoms with Crippen molar-refractivity contribution in [1.29, 1.82) is 0 Å². The highest BCUT2D eigenvalue weighted by Gasteiger charge is 2.37. The Labute approximate surface area is 124 Å². The number of nitrogens with two attached hydrogens (primary N) is 1. The van der Waals surface area contributed by atoms with Gasteiger partial charge in [-0.2, -0.15) is 13.2 Å². The Balaban J connectivity index is 2.26. The summed E-state index contributed by atoms with van der Waals surface area (Å²) in [5.41, 5.74) is 3.65. The van der Waals surface area contributed by atoms with Crippen LogP contribution in [0.5, 0.6) is 0 Å². The summed E-state index contributed by atoms with van der Waals surface area (Å²) in [5.74, 6) is -2.35. The van der Waals surface area contributed by atoms with E-state index in [9.17, 15) is 22.4 Å². The van der Waals surface area contributed by atoms with E-state index in [1.54, 1.807) is 6.92 Å². The van der Waals surface area contributed by atoms with Crippen LogP contribution in [0.25, 0.3) is 0 Å². The van der Waals surface area contributed by atoms with E-state index in [0.29, 0.717) is 6.07 Å². The molecule has 4 nitrogen and oxygen atoms in total. The number of morpholine rings is 1. The third kappa shape index (κ3) is 3.38. The van der Waals surface area contributed by atoms with Crippen LogP contribution in [0.4, 0.5) is 17.6 Å². The molecule has 1 aromatic carbocycles. The lowest BCUT2D eigenvalue weighted by atomic mass is 10.1. The van der Waals surface area contributed by atoms with Crippen LogP contribution in [-0.2, 0) is 10.9 Å². The fraction of sp³-hybridized carbons (Fsp3) is 0.500. The number of amides is 1. The standard InChI is InChI=1S/C14H16F4N2O2/c1-8(19)11-7-20(5-6-22-11)13(21)9-3-2-4-10(12(9)15)14(16,17)18/h2-4,8,11H,5-7,19H2,1H3/t8-,11+/m1/s1. The summed E-state index contributed by atoms with van der Waals surface area (Å²) in [7, 11) is 0. The molecule has 122 valence electrons. The van der Waals surface area contributed by atoms with Crippen LogP contribution in [0.2, 0.25) is 0 Å². The summed E-state index contributed by atoms with van der Waals surface area (Å²) >= 11 is 0. The molecule has 1 aliphatic rings. The molecule has 1 aliphatic heterocycles. The van der Waals surface area contributed by atoms with Gasteiger partial charge in [0.05, 0.1) is 23.8 Å². The number of alkyl halides is 3. The third-order valence-electron chi connectivity index (χ3n) is 3.50. The molecule has 2 atom stereocenters. The van der Waals surface area contributed by atoms with E-state index in [4.69, 9.17) is 10.5 Å². The topological polar surface area (TPSA) is 55.6 Å². The Hall–Kier alpha value is -1.67. The van der Waals surface area contributed by atoms with Gasteiger partial charge in [-0.15, -0.1) is 0 Å². The van der Waals surface area contributed by atoms with Crippen LogP contribution in [0.3, 0.4) is 0 Å². The molecule has 0 spiro atoms. The van der Waals surface area contributed by atoms with Crippen molar-refractivity contribution in [1.82, 2.24) is 4.90 Å². The van der Waals surface area contributed by atoms with Gasteiger partial charge >= 0.3 is 6.18 Å². The average molecular weight is 320 g/mol. The van der Waals surface area contributed by atoms with Crippen molar-refractivity contribution in [3.8, 4) is 0 Å². The van der Waals surface area contributed by atoms with Gasteiger partial charge in [-0.3, -0.25) is 4.79 Å². The van der Waals surface area contributed by atoms with Crippen LogP contribution in [-0.4, -0.2) is 42.6 Å². The molecule has 0 aliphatic carbocycles. The summed E-state index contributed by atoms with van der Waals surface area (Å²) in [6, 6.07) is 2.32. The molecular formula is C14H16F4N2O2. The SMILES string of the molecule is C[C@@H](N)[C@@H]1CN(C(=O)c2cccc(C(F)(F)F)c2F)CCO1. The van der Waals surface area contributed by atoms with Gasteiger partial charge < -0.3 is 15.4 Å². The van der Waals surface area contributed by atoms with E-state index < -0.39 is 35.1 Å². The van der Waals surface area contributed by atoms with Crippen molar-refractivity contribution in [2.45, 2.75) is 25.2 Å². The Morgan fingerprint density at radius 3 is 2.73 bits per heavy atom. The molecule has 0 aromatic heterocycles. The Morgan fingerprint density at radius 1 is 1.45 bits per heavy atom. The van der Waals surface area contributed by atoms with Gasteiger partial charge in [-0.05, 0) is 19.1 Å². The van der Waals surface area contributed by atoms with Gasteiger partial charge in [-0.25, -0.2) is 4.39 Å². The average Bonchev–Trinajstić information content (AvgIpc) is 2.45. The summed E-state index contributed by atoms with van der Waals surface area (Å²) < 4.78 is 57.5. The van der Waals surface area contributed by atoms with E-state index in [1.807, 2.05) is 0 Å². The van der Waals surface area contributed by atoms with E-state index >= 15 is 0 Å². The van der Waals surface area contributed by atoms with Gasteiger partial charge in [0.25, 0.3) is 5.91 Å². The Bertz CT molecular complexity index is 560. The smallest absolute Gasteiger partial charge is 0.373 e. The van der Waals surface area contributed by atoms with Gasteiger partial charge in [-0.1, -0.05) is 6.07 Å². The van der Waals surface area contributed by atoms with Crippen molar-refractivity contribution in [2.75, 3.05) is 19.7 Å². The van der Waals surface area contributed by atoms with Crippen LogP contribution in [0.1, 0.15) is 22.8 Å². The zero-order valence-corrected chi connectivity index (χ0v) is 11.9. The lowest BCUT2D eigenvalue weighted by molar-refractivity contribution is -0.140. The summed E-state index contributed by atoms with van der Waals surface area (Å²) in [5, 5.41) is 0. The largest absolute Gasteiger partial charge is 0.419 e. The first kappa shape index (κ1) is 16.7. The molecule has 2 rings (SSSR count). The van der Waals surface area contributed by atoms with Crippen molar-refractivity contribution in [3.63, 3.8) is 0 Å². The number of hydrogen-bond acceptors (Lipinski definition) is 3. The zero-order chi connectivity index (χ0) is 16.5. The predicted molar refractivity (Wildman–Crippen MR) is 70.7 cm³/mol. The first-order chi connectivity index (χ1) is 10.2. The molecule has 0 unspecified atom stereocenters. The monoisotopic (exact) mass is 320 g/mol. The summed E-state index contributed by atoms with van der Waals surface area (Å²) in [6.07, 6.45) is -5.27. The van der Waals surface area contributed by atoms with Gasteiger partial charge in [0.1, 0.15) is 5.82 Å². The zero-order valence-electron chi connectivity index (χ0n) is 11.9. The lowest BCUT2D eigenvalue weighted by Gasteiger charge is -2.34. The quantitative estimate of drug-likeness (QED) is 0.849. The highest BCUT2D eigenvalue weighted by molar-refractivity contribution is 5.94. The number of benzene rings is 1. The summed E-state index contributed by atoms with van der Waals surface area (Å²) in [6.45, 7) is 2.20. The molecule has 1 heterocycles. The van der Waals surface area contributed by atoms with E-state index in [1.165, 1.54) is 4.90 Å². The van der Waals surface area contributed by atoms with Crippen LogP contribution in [0, 0.1) is 5.82 Å². The Kier molecular flexibility index (Phi) is 4.72. The molecule has 2 N–H and O–H groups in total. The number of carbonyl (C=O) groups is 1. The maximum absolute atomic E-state index is 14.0. The number of rotatable bonds is 2. The molecule has 1 saturated heterocycles. The first-order valence-corrected chi connectivity index (χ1v) is 6.74. The van der Waals surface area contributed by atoms with Gasteiger partial charge in [0.15, 0.2) is 0 Å². The number of ether oxygens (including phenoxy) is 1. The van der Waals surface area contributed by atoms with Crippen molar-refractivity contribution in [3.05, 3.63) is 35.1 Å². The number of halogens is 4. The van der Waals surface area contributed by atoms with Crippen LogP contribution < -0.4 is 5.73 Å². The minimum absolute atomic E-state index is 0.117. The minimum atomic E-state index is -4.85. The predicted octanol–water partition coefficient (Wildman–Crippen LogP) is 2.03. The van der Waals surface area contributed by atoms with E-state index in [-0.39, 0.29) is 25.7 Å².